The van der Waals surface area contributed by atoms with Crippen molar-refractivity contribution in [3.63, 3.8) is 0 Å². The average molecular weight is 442 g/mol. The Labute approximate surface area is 183 Å². The first kappa shape index (κ1) is 20.6. The zero-order chi connectivity index (χ0) is 20.9. The summed E-state index contributed by atoms with van der Waals surface area (Å²) in [6.45, 7) is 0.725. The molecule has 8 heteroatoms. The van der Waals surface area contributed by atoms with Crippen molar-refractivity contribution in [3.05, 3.63) is 70.4 Å². The molecule has 0 spiro atoms. The van der Waals surface area contributed by atoms with Gasteiger partial charge in [-0.15, -0.1) is 11.3 Å². The van der Waals surface area contributed by atoms with Crippen molar-refractivity contribution in [1.82, 2.24) is 15.2 Å². The zero-order valence-electron chi connectivity index (χ0n) is 16.6. The van der Waals surface area contributed by atoms with Gasteiger partial charge in [-0.25, -0.2) is 0 Å². The van der Waals surface area contributed by atoms with Crippen molar-refractivity contribution in [2.24, 2.45) is 0 Å². The van der Waals surface area contributed by atoms with Crippen LogP contribution in [0, 0.1) is 0 Å². The third-order valence-electron chi connectivity index (χ3n) is 4.92. The lowest BCUT2D eigenvalue weighted by Crippen LogP contribution is -2.35. The molecule has 0 aliphatic carbocycles. The van der Waals surface area contributed by atoms with Crippen molar-refractivity contribution in [2.45, 2.75) is 12.2 Å². The Bertz CT molecular complexity index is 1030. The summed E-state index contributed by atoms with van der Waals surface area (Å²) in [5.74, 6) is 2.44. The van der Waals surface area contributed by atoms with Gasteiger partial charge < -0.3 is 19.9 Å². The molecule has 0 atom stereocenters. The first-order valence-electron chi connectivity index (χ1n) is 9.73. The van der Waals surface area contributed by atoms with E-state index in [1.165, 1.54) is 10.4 Å². The molecule has 1 aliphatic heterocycles. The lowest BCUT2D eigenvalue weighted by molar-refractivity contribution is 0.0927. The number of thiophene rings is 1. The van der Waals surface area contributed by atoms with E-state index in [1.54, 1.807) is 42.7 Å². The monoisotopic (exact) mass is 441 g/mol. The number of nitrogens with one attached hydrogen (secondary N) is 2. The Morgan fingerprint density at radius 1 is 1.07 bits per heavy atom. The van der Waals surface area contributed by atoms with Gasteiger partial charge in [0, 0.05) is 41.7 Å². The van der Waals surface area contributed by atoms with Gasteiger partial charge in [-0.05, 0) is 54.1 Å². The molecule has 0 radical (unpaired) electrons. The van der Waals surface area contributed by atoms with Crippen LogP contribution in [0.5, 0.6) is 5.75 Å². The quantitative estimate of drug-likeness (QED) is 0.551. The van der Waals surface area contributed by atoms with Crippen LogP contribution in [0.4, 0.5) is 0 Å². The van der Waals surface area contributed by atoms with Crippen molar-refractivity contribution < 1.29 is 14.3 Å². The third-order valence-corrected chi connectivity index (χ3v) is 7.33. The standard InChI is InChI=1S/C22H23N3O3S2/c1-28-16-6-4-15(5-7-16)20(26)23-9-10-24-21(27)19-17-8-13-29-14-18(17)30-22(19)25-11-2-3-12-25/h2-7,11-12H,8-10,13-14H2,1H3,(H,23,26)(H,24,27). The van der Waals surface area contributed by atoms with Crippen LogP contribution in [0.15, 0.2) is 48.8 Å². The van der Waals surface area contributed by atoms with Crippen LogP contribution in [0.1, 0.15) is 31.2 Å². The fraction of sp³-hybridized carbons (Fsp3) is 0.273. The summed E-state index contributed by atoms with van der Waals surface area (Å²) >= 11 is 3.60. The van der Waals surface area contributed by atoms with E-state index in [1.807, 2.05) is 40.9 Å². The van der Waals surface area contributed by atoms with Gasteiger partial charge >= 0.3 is 0 Å². The third kappa shape index (κ3) is 4.39. The second-order valence-corrected chi connectivity index (χ2v) is 9.01. The number of hydrogen-bond acceptors (Lipinski definition) is 5. The number of thioether (sulfide) groups is 1. The van der Waals surface area contributed by atoms with E-state index >= 15 is 0 Å². The second kappa shape index (κ2) is 9.40. The number of ether oxygens (including phenoxy) is 1. The Kier molecular flexibility index (Phi) is 6.44. The van der Waals surface area contributed by atoms with Crippen LogP contribution in [0.2, 0.25) is 0 Å². The summed E-state index contributed by atoms with van der Waals surface area (Å²) < 4.78 is 7.11. The molecular formula is C22H23N3O3S2. The molecule has 2 aromatic heterocycles. The van der Waals surface area contributed by atoms with E-state index in [4.69, 9.17) is 4.74 Å². The maximum atomic E-state index is 13.0. The molecule has 30 heavy (non-hydrogen) atoms. The molecule has 0 saturated carbocycles. The number of fused-ring (bicyclic) bond motifs is 1. The smallest absolute Gasteiger partial charge is 0.254 e. The number of amides is 2. The number of methoxy groups -OCH3 is 1. The maximum absolute atomic E-state index is 13.0. The molecule has 0 fully saturated rings. The molecule has 1 aromatic carbocycles. The fourth-order valence-corrected chi connectivity index (χ4v) is 5.83. The number of nitrogens with zero attached hydrogens (tertiary/aromatic N) is 1. The van der Waals surface area contributed by atoms with E-state index in [2.05, 4.69) is 10.6 Å². The van der Waals surface area contributed by atoms with Gasteiger partial charge in [0.2, 0.25) is 0 Å². The number of aromatic nitrogens is 1. The lowest BCUT2D eigenvalue weighted by atomic mass is 10.1. The lowest BCUT2D eigenvalue weighted by Gasteiger charge is -2.13. The zero-order valence-corrected chi connectivity index (χ0v) is 18.3. The van der Waals surface area contributed by atoms with Gasteiger partial charge in [-0.3, -0.25) is 9.59 Å². The molecule has 0 bridgehead atoms. The maximum Gasteiger partial charge on any atom is 0.254 e. The molecule has 2 N–H and O–H groups in total. The van der Waals surface area contributed by atoms with Crippen LogP contribution in [0.3, 0.4) is 0 Å². The normalized spacial score (nSPS) is 12.8. The van der Waals surface area contributed by atoms with E-state index in [0.29, 0.717) is 24.4 Å². The van der Waals surface area contributed by atoms with Crippen LogP contribution in [0.25, 0.3) is 5.00 Å². The van der Waals surface area contributed by atoms with Crippen LogP contribution in [-0.2, 0) is 12.2 Å². The summed E-state index contributed by atoms with van der Waals surface area (Å²) in [6.07, 6.45) is 4.85. The number of carbonyl (C=O) groups excluding carboxylic acids is 2. The van der Waals surface area contributed by atoms with E-state index in [-0.39, 0.29) is 11.8 Å². The van der Waals surface area contributed by atoms with E-state index < -0.39 is 0 Å². The summed E-state index contributed by atoms with van der Waals surface area (Å²) in [7, 11) is 1.59. The Morgan fingerprint density at radius 3 is 2.47 bits per heavy atom. The SMILES string of the molecule is COc1ccc(C(=O)NCCNC(=O)c2c(-n3cccc3)sc3c2CCSC3)cc1. The Balaban J connectivity index is 1.38. The predicted molar refractivity (Wildman–Crippen MR) is 121 cm³/mol. The summed E-state index contributed by atoms with van der Waals surface area (Å²) in [4.78, 5) is 26.6. The number of carbonyl (C=O) groups is 2. The highest BCUT2D eigenvalue weighted by Gasteiger charge is 2.26. The van der Waals surface area contributed by atoms with Crippen molar-refractivity contribution in [2.75, 3.05) is 26.0 Å². The van der Waals surface area contributed by atoms with Crippen molar-refractivity contribution >= 4 is 34.9 Å². The summed E-state index contributed by atoms with van der Waals surface area (Å²) in [6, 6.07) is 10.8. The highest BCUT2D eigenvalue weighted by molar-refractivity contribution is 7.98. The molecule has 0 saturated heterocycles. The molecule has 4 rings (SSSR count). The largest absolute Gasteiger partial charge is 0.497 e. The van der Waals surface area contributed by atoms with Gasteiger partial charge in [-0.1, -0.05) is 0 Å². The topological polar surface area (TPSA) is 72.4 Å². The minimum Gasteiger partial charge on any atom is -0.497 e. The minimum atomic E-state index is -0.176. The molecule has 1 aliphatic rings. The van der Waals surface area contributed by atoms with E-state index in [9.17, 15) is 9.59 Å². The molecule has 0 unspecified atom stereocenters. The molecule has 3 aromatic rings. The van der Waals surface area contributed by atoms with Gasteiger partial charge in [0.05, 0.1) is 12.7 Å². The number of benzene rings is 1. The van der Waals surface area contributed by atoms with Crippen molar-refractivity contribution in [1.29, 1.82) is 0 Å². The average Bonchev–Trinajstić information content (AvgIpc) is 3.44. The predicted octanol–water partition coefficient (Wildman–Crippen LogP) is 3.50. The van der Waals surface area contributed by atoms with Gasteiger partial charge in [0.25, 0.3) is 11.8 Å². The highest BCUT2D eigenvalue weighted by atomic mass is 32.2. The first-order valence-corrected chi connectivity index (χ1v) is 11.7. The molecule has 2 amide bonds. The summed E-state index contributed by atoms with van der Waals surface area (Å²) in [5, 5.41) is 6.78. The Morgan fingerprint density at radius 2 is 1.77 bits per heavy atom. The number of rotatable bonds is 7. The van der Waals surface area contributed by atoms with Gasteiger partial charge in [0.15, 0.2) is 0 Å². The molecule has 156 valence electrons. The van der Waals surface area contributed by atoms with Crippen LogP contribution < -0.4 is 15.4 Å². The second-order valence-electron chi connectivity index (χ2n) is 6.82. The molecule has 3 heterocycles. The fourth-order valence-electron chi connectivity index (χ4n) is 3.39. The van der Waals surface area contributed by atoms with E-state index in [0.717, 1.165) is 28.5 Å². The minimum absolute atomic E-state index is 0.0817. The van der Waals surface area contributed by atoms with Crippen LogP contribution >= 0.6 is 23.1 Å². The van der Waals surface area contributed by atoms with Crippen molar-refractivity contribution in [3.8, 4) is 10.8 Å². The number of hydrogen-bond donors (Lipinski definition) is 2. The Hall–Kier alpha value is -2.71. The first-order chi connectivity index (χ1) is 14.7. The highest BCUT2D eigenvalue weighted by Crippen LogP contribution is 2.38. The van der Waals surface area contributed by atoms with Crippen LogP contribution in [-0.4, -0.2) is 42.3 Å². The summed E-state index contributed by atoms with van der Waals surface area (Å²) in [5.41, 5.74) is 2.50. The molecular weight excluding hydrogens is 418 g/mol. The van der Waals surface area contributed by atoms with Gasteiger partial charge in [0.1, 0.15) is 10.8 Å². The van der Waals surface area contributed by atoms with Gasteiger partial charge in [-0.2, -0.15) is 11.8 Å². The molecule has 6 nitrogen and oxygen atoms in total.